The second-order valence-electron chi connectivity index (χ2n) is 6.24. The van der Waals surface area contributed by atoms with Gasteiger partial charge in [0.1, 0.15) is 0 Å². The van der Waals surface area contributed by atoms with E-state index in [0.29, 0.717) is 5.02 Å². The Bertz CT molecular complexity index is 1030. The van der Waals surface area contributed by atoms with Gasteiger partial charge in [-0.15, -0.1) is 0 Å². The molecule has 1 amide bonds. The van der Waals surface area contributed by atoms with Gasteiger partial charge in [-0.1, -0.05) is 27.5 Å². The van der Waals surface area contributed by atoms with Gasteiger partial charge in [-0.25, -0.2) is 0 Å². The average Bonchev–Trinajstić information content (AvgIpc) is 3.06. The number of amides is 1. The first kappa shape index (κ1) is 14.5. The number of rotatable bonds is 0. The molecule has 0 saturated carbocycles. The van der Waals surface area contributed by atoms with Crippen LogP contribution in [0, 0.1) is 0 Å². The number of fused-ring (bicyclic) bond motifs is 6. The van der Waals surface area contributed by atoms with E-state index in [1.807, 2.05) is 36.4 Å². The van der Waals surface area contributed by atoms with Crippen molar-refractivity contribution < 1.29 is 4.79 Å². The standard InChI is InChI=1S/C18H13BrClN3O/c19-9-1-3-15-13(7-9)18(17(24)23-15)16-11(5-6-21-18)12-8-10(20)2-4-14(12)22-16/h1-4,7-8,21-22H,5-6H2,(H,23,24)/t18-/m0/s1. The molecule has 5 rings (SSSR count). The summed E-state index contributed by atoms with van der Waals surface area (Å²) in [6, 6.07) is 11.7. The van der Waals surface area contributed by atoms with E-state index in [0.717, 1.165) is 50.8 Å². The van der Waals surface area contributed by atoms with Crippen LogP contribution in [0.25, 0.3) is 10.9 Å². The van der Waals surface area contributed by atoms with Gasteiger partial charge in [-0.05, 0) is 48.4 Å². The lowest BCUT2D eigenvalue weighted by Crippen LogP contribution is -2.53. The number of aromatic amines is 1. The topological polar surface area (TPSA) is 56.9 Å². The molecule has 1 aromatic heterocycles. The van der Waals surface area contributed by atoms with Gasteiger partial charge >= 0.3 is 0 Å². The number of hydrogen-bond donors (Lipinski definition) is 3. The van der Waals surface area contributed by atoms with Crippen LogP contribution in [0.5, 0.6) is 0 Å². The molecule has 6 heteroatoms. The maximum absolute atomic E-state index is 13.0. The predicted molar refractivity (Wildman–Crippen MR) is 98.6 cm³/mol. The first-order valence-electron chi connectivity index (χ1n) is 7.77. The average molecular weight is 403 g/mol. The predicted octanol–water partition coefficient (Wildman–Crippen LogP) is 3.93. The summed E-state index contributed by atoms with van der Waals surface area (Å²) in [6.45, 7) is 0.728. The minimum Gasteiger partial charge on any atom is -0.356 e. The van der Waals surface area contributed by atoms with Gasteiger partial charge in [-0.2, -0.15) is 0 Å². The van der Waals surface area contributed by atoms with Crippen molar-refractivity contribution in [3.63, 3.8) is 0 Å². The first-order valence-corrected chi connectivity index (χ1v) is 8.94. The van der Waals surface area contributed by atoms with Crippen molar-refractivity contribution in [3.05, 3.63) is 62.7 Å². The molecule has 0 fully saturated rings. The Kier molecular flexibility index (Phi) is 2.93. The molecule has 0 saturated heterocycles. The van der Waals surface area contributed by atoms with E-state index in [1.54, 1.807) is 0 Å². The van der Waals surface area contributed by atoms with Crippen LogP contribution in [-0.2, 0) is 16.8 Å². The highest BCUT2D eigenvalue weighted by molar-refractivity contribution is 9.10. The highest BCUT2D eigenvalue weighted by Gasteiger charge is 2.52. The van der Waals surface area contributed by atoms with Crippen LogP contribution in [0.1, 0.15) is 16.8 Å². The number of nitrogens with one attached hydrogen (secondary N) is 3. The van der Waals surface area contributed by atoms with Crippen LogP contribution in [0.3, 0.4) is 0 Å². The van der Waals surface area contributed by atoms with Crippen LogP contribution >= 0.6 is 27.5 Å². The van der Waals surface area contributed by atoms with Crippen LogP contribution in [0.4, 0.5) is 5.69 Å². The Labute approximate surface area is 151 Å². The normalized spacial score (nSPS) is 21.8. The van der Waals surface area contributed by atoms with Crippen molar-refractivity contribution in [2.45, 2.75) is 12.0 Å². The molecule has 24 heavy (non-hydrogen) atoms. The highest BCUT2D eigenvalue weighted by Crippen LogP contribution is 2.46. The zero-order valence-corrected chi connectivity index (χ0v) is 14.9. The lowest BCUT2D eigenvalue weighted by molar-refractivity contribution is -0.120. The number of benzene rings is 2. The van der Waals surface area contributed by atoms with Crippen LogP contribution < -0.4 is 10.6 Å². The van der Waals surface area contributed by atoms with Gasteiger partial charge in [0.15, 0.2) is 5.54 Å². The molecular weight excluding hydrogens is 390 g/mol. The Hall–Kier alpha value is -1.82. The zero-order chi connectivity index (χ0) is 16.5. The van der Waals surface area contributed by atoms with Crippen molar-refractivity contribution in [1.29, 1.82) is 0 Å². The largest absolute Gasteiger partial charge is 0.356 e. The number of H-pyrrole nitrogens is 1. The summed E-state index contributed by atoms with van der Waals surface area (Å²) in [6.07, 6.45) is 0.855. The molecule has 0 radical (unpaired) electrons. The molecule has 2 aromatic carbocycles. The first-order chi connectivity index (χ1) is 11.6. The molecule has 0 unspecified atom stereocenters. The SMILES string of the molecule is O=C1Nc2ccc(Br)cc2[C@@]12NCCc1c2[nH]c2ccc(Cl)cc12. The summed E-state index contributed by atoms with van der Waals surface area (Å²) in [7, 11) is 0. The number of carbonyl (C=O) groups excluding carboxylic acids is 1. The number of halogens is 2. The third-order valence-corrected chi connectivity index (χ3v) is 5.71. The molecule has 2 aliphatic heterocycles. The fraction of sp³-hybridized carbons (Fsp3) is 0.167. The van der Waals surface area contributed by atoms with Crippen LogP contribution in [0.15, 0.2) is 40.9 Å². The zero-order valence-electron chi connectivity index (χ0n) is 12.5. The molecule has 0 aliphatic carbocycles. The number of anilines is 1. The van der Waals surface area contributed by atoms with E-state index in [9.17, 15) is 4.79 Å². The lowest BCUT2D eigenvalue weighted by Gasteiger charge is -2.33. The minimum atomic E-state index is -0.877. The lowest BCUT2D eigenvalue weighted by atomic mass is 9.82. The highest BCUT2D eigenvalue weighted by atomic mass is 79.9. The second kappa shape index (κ2) is 4.85. The summed E-state index contributed by atoms with van der Waals surface area (Å²) < 4.78 is 0.949. The number of carbonyl (C=O) groups is 1. The molecule has 0 bridgehead atoms. The summed E-state index contributed by atoms with van der Waals surface area (Å²) in [5.74, 6) is -0.0470. The molecule has 3 aromatic rings. The maximum atomic E-state index is 13.0. The summed E-state index contributed by atoms with van der Waals surface area (Å²) in [5.41, 5.74) is 4.00. The molecule has 3 heterocycles. The van der Waals surface area contributed by atoms with Gasteiger partial charge in [0.25, 0.3) is 5.91 Å². The molecular formula is C18H13BrClN3O. The molecule has 1 atom stereocenters. The molecule has 1 spiro atoms. The molecule has 2 aliphatic rings. The van der Waals surface area contributed by atoms with Crippen molar-refractivity contribution in [1.82, 2.24) is 10.3 Å². The maximum Gasteiger partial charge on any atom is 0.255 e. The van der Waals surface area contributed by atoms with E-state index in [2.05, 4.69) is 31.5 Å². The summed E-state index contributed by atoms with van der Waals surface area (Å²) in [4.78, 5) is 16.5. The fourth-order valence-corrected chi connectivity index (χ4v) is 4.49. The van der Waals surface area contributed by atoms with Gasteiger partial charge in [0, 0.05) is 38.2 Å². The van der Waals surface area contributed by atoms with E-state index in [4.69, 9.17) is 11.6 Å². The Morgan fingerprint density at radius 2 is 2.04 bits per heavy atom. The molecule has 120 valence electrons. The quantitative estimate of drug-likeness (QED) is 0.534. The van der Waals surface area contributed by atoms with E-state index in [1.165, 1.54) is 0 Å². The number of aromatic nitrogens is 1. The van der Waals surface area contributed by atoms with Crippen molar-refractivity contribution in [2.75, 3.05) is 11.9 Å². The van der Waals surface area contributed by atoms with E-state index >= 15 is 0 Å². The Morgan fingerprint density at radius 1 is 1.17 bits per heavy atom. The Morgan fingerprint density at radius 3 is 2.92 bits per heavy atom. The van der Waals surface area contributed by atoms with Gasteiger partial charge in [-0.3, -0.25) is 10.1 Å². The monoisotopic (exact) mass is 401 g/mol. The van der Waals surface area contributed by atoms with Gasteiger partial charge in [0.2, 0.25) is 0 Å². The second-order valence-corrected chi connectivity index (χ2v) is 7.59. The minimum absolute atomic E-state index is 0.0470. The van der Waals surface area contributed by atoms with E-state index < -0.39 is 5.54 Å². The Balaban J connectivity index is 1.86. The third-order valence-electron chi connectivity index (χ3n) is 4.98. The van der Waals surface area contributed by atoms with Gasteiger partial charge < -0.3 is 10.3 Å². The van der Waals surface area contributed by atoms with Gasteiger partial charge in [0.05, 0.1) is 5.69 Å². The third kappa shape index (κ3) is 1.75. The fourth-order valence-electron chi connectivity index (χ4n) is 3.96. The molecule has 4 nitrogen and oxygen atoms in total. The smallest absolute Gasteiger partial charge is 0.255 e. The molecule has 3 N–H and O–H groups in total. The van der Waals surface area contributed by atoms with Crippen LogP contribution in [-0.4, -0.2) is 17.4 Å². The van der Waals surface area contributed by atoms with Crippen molar-refractivity contribution in [3.8, 4) is 0 Å². The number of hydrogen-bond acceptors (Lipinski definition) is 2. The van der Waals surface area contributed by atoms with Crippen LogP contribution in [0.2, 0.25) is 5.02 Å². The summed E-state index contributed by atoms with van der Waals surface area (Å²) >= 11 is 9.71. The van der Waals surface area contributed by atoms with Crippen molar-refractivity contribution in [2.24, 2.45) is 0 Å². The summed E-state index contributed by atoms with van der Waals surface area (Å²) in [5, 5.41) is 8.27. The van der Waals surface area contributed by atoms with Crippen molar-refractivity contribution >= 4 is 50.0 Å². The van der Waals surface area contributed by atoms with E-state index in [-0.39, 0.29) is 5.91 Å².